The quantitative estimate of drug-likeness (QED) is 0.155. The first-order valence-corrected chi connectivity index (χ1v) is 26.1. The summed E-state index contributed by atoms with van der Waals surface area (Å²) in [5.41, 5.74) is 17.4. The molecule has 16 aromatic rings. The zero-order valence-electron chi connectivity index (χ0n) is 41.2. The van der Waals surface area contributed by atoms with Crippen LogP contribution in [-0.2, 0) is 0 Å². The molecule has 0 unspecified atom stereocenters. The third-order valence-electron chi connectivity index (χ3n) is 16.0. The van der Waals surface area contributed by atoms with Gasteiger partial charge in [0, 0.05) is 49.2 Å². The molecule has 0 saturated carbocycles. The van der Waals surface area contributed by atoms with Crippen molar-refractivity contribution in [3.05, 3.63) is 267 Å². The van der Waals surface area contributed by atoms with Gasteiger partial charge in [0.15, 0.2) is 0 Å². The molecule has 0 fully saturated rings. The molecule has 2 heterocycles. The topological polar surface area (TPSA) is 26.3 Å². The minimum atomic E-state index is 0.848. The van der Waals surface area contributed by atoms with Crippen molar-refractivity contribution in [2.45, 2.75) is 0 Å². The van der Waals surface area contributed by atoms with Gasteiger partial charge < -0.3 is 8.83 Å². The van der Waals surface area contributed by atoms with Crippen LogP contribution < -0.4 is 0 Å². The van der Waals surface area contributed by atoms with Gasteiger partial charge in [-0.1, -0.05) is 224 Å². The number of benzene rings is 14. The van der Waals surface area contributed by atoms with Crippen LogP contribution in [0.3, 0.4) is 0 Å². The van der Waals surface area contributed by atoms with Gasteiger partial charge in [-0.15, -0.1) is 0 Å². The number of rotatable bonds is 6. The Labute approximate surface area is 437 Å². The van der Waals surface area contributed by atoms with Crippen molar-refractivity contribution in [2.75, 3.05) is 0 Å². The summed E-state index contributed by atoms with van der Waals surface area (Å²) < 4.78 is 14.5. The number of hydrogen-bond acceptors (Lipinski definition) is 2. The van der Waals surface area contributed by atoms with E-state index in [1.807, 2.05) is 0 Å². The summed E-state index contributed by atoms with van der Waals surface area (Å²) >= 11 is 0. The molecule has 0 aliphatic heterocycles. The van der Waals surface area contributed by atoms with Gasteiger partial charge in [-0.3, -0.25) is 0 Å². The predicted octanol–water partition coefficient (Wildman–Crippen LogP) is 21.3. The van der Waals surface area contributed by atoms with E-state index in [9.17, 15) is 0 Å². The van der Waals surface area contributed by atoms with Crippen LogP contribution in [0.25, 0.3) is 165 Å². The lowest BCUT2D eigenvalue weighted by atomic mass is 9.82. The van der Waals surface area contributed by atoms with Gasteiger partial charge in [0.1, 0.15) is 22.3 Å². The zero-order chi connectivity index (χ0) is 49.8. The maximum atomic E-state index is 7.28. The monoisotopic (exact) mass is 964 g/mol. The molecule has 0 N–H and O–H groups in total. The third kappa shape index (κ3) is 6.35. The Morgan fingerprint density at radius 3 is 0.868 bits per heavy atom. The minimum Gasteiger partial charge on any atom is -0.455 e. The normalized spacial score (nSPS) is 11.9. The van der Waals surface area contributed by atoms with E-state index in [4.69, 9.17) is 8.83 Å². The van der Waals surface area contributed by atoms with Crippen LogP contribution in [0.15, 0.2) is 276 Å². The van der Waals surface area contributed by atoms with Crippen molar-refractivity contribution >= 4 is 97.7 Å². The molecule has 0 bridgehead atoms. The summed E-state index contributed by atoms with van der Waals surface area (Å²) in [6.07, 6.45) is 0. The van der Waals surface area contributed by atoms with E-state index in [1.54, 1.807) is 0 Å². The van der Waals surface area contributed by atoms with E-state index < -0.39 is 0 Å². The Morgan fingerprint density at radius 2 is 0.487 bits per heavy atom. The van der Waals surface area contributed by atoms with E-state index >= 15 is 0 Å². The molecule has 0 aliphatic rings. The van der Waals surface area contributed by atoms with E-state index in [1.165, 1.54) is 76.8 Å². The number of para-hydroxylation sites is 2. The molecule has 76 heavy (non-hydrogen) atoms. The van der Waals surface area contributed by atoms with Crippen LogP contribution in [-0.4, -0.2) is 0 Å². The average molecular weight is 965 g/mol. The summed E-state index contributed by atoms with van der Waals surface area (Å²) in [5.74, 6) is 0. The highest BCUT2D eigenvalue weighted by Gasteiger charge is 2.28. The summed E-state index contributed by atoms with van der Waals surface area (Å²) in [5, 5.41) is 16.0. The lowest BCUT2D eigenvalue weighted by Gasteiger charge is -2.20. The van der Waals surface area contributed by atoms with Crippen LogP contribution in [0.4, 0.5) is 0 Å². The molecular weight excluding hydrogens is 921 g/mol. The summed E-state index contributed by atoms with van der Waals surface area (Å²) in [7, 11) is 0. The van der Waals surface area contributed by atoms with E-state index in [0.717, 1.165) is 87.7 Å². The van der Waals surface area contributed by atoms with Crippen molar-refractivity contribution in [1.29, 1.82) is 0 Å². The van der Waals surface area contributed by atoms with Crippen molar-refractivity contribution in [3.63, 3.8) is 0 Å². The Balaban J connectivity index is 1.05. The maximum Gasteiger partial charge on any atom is 0.143 e. The molecule has 0 saturated heterocycles. The first-order valence-electron chi connectivity index (χ1n) is 26.1. The van der Waals surface area contributed by atoms with Gasteiger partial charge in [-0.05, 0) is 135 Å². The van der Waals surface area contributed by atoms with Crippen LogP contribution in [0.1, 0.15) is 0 Å². The van der Waals surface area contributed by atoms with Crippen LogP contribution in [0.5, 0.6) is 0 Å². The lowest BCUT2D eigenvalue weighted by Crippen LogP contribution is -1.94. The Bertz CT molecular complexity index is 4850. The summed E-state index contributed by atoms with van der Waals surface area (Å²) in [4.78, 5) is 0. The number of fused-ring (bicyclic) bond motifs is 13. The minimum absolute atomic E-state index is 0.848. The standard InChI is InChI=1S/C74H44O2/c1-4-22-45(23-5-1)48-40-49(46-24-6-2-7-25-46)42-50(41-48)67-54-30-12-16-34-58(54)70(59-35-17-13-31-55(59)67)63-44-51-43-62(69-56-32-14-10-28-52(56)66(47-26-8-3-9-27-47)53-29-11-15-33-57(53)69)73-71(60-36-18-20-38-64(60)75-73)68(51)72-61-37-19-21-39-65(61)76-74(63)72/h1-44H. The second-order valence-electron chi connectivity index (χ2n) is 20.1. The highest BCUT2D eigenvalue weighted by molar-refractivity contribution is 6.37. The smallest absolute Gasteiger partial charge is 0.143 e. The Kier molecular flexibility index (Phi) is 9.37. The van der Waals surface area contributed by atoms with Gasteiger partial charge >= 0.3 is 0 Å². The third-order valence-corrected chi connectivity index (χ3v) is 16.0. The van der Waals surface area contributed by atoms with E-state index in [0.29, 0.717) is 0 Å². The highest BCUT2D eigenvalue weighted by Crippen LogP contribution is 2.54. The van der Waals surface area contributed by atoms with Gasteiger partial charge in [0.05, 0.1) is 0 Å². The molecule has 0 aliphatic carbocycles. The van der Waals surface area contributed by atoms with Crippen molar-refractivity contribution in [3.8, 4) is 66.8 Å². The fraction of sp³-hybridized carbons (Fsp3) is 0. The molecule has 0 amide bonds. The predicted molar refractivity (Wildman–Crippen MR) is 321 cm³/mol. The molecular formula is C74H44O2. The molecule has 352 valence electrons. The molecule has 0 radical (unpaired) electrons. The molecule has 2 aromatic heterocycles. The van der Waals surface area contributed by atoms with Gasteiger partial charge in [0.25, 0.3) is 0 Å². The fourth-order valence-electron chi connectivity index (χ4n) is 12.8. The number of furan rings is 2. The number of hydrogen-bond donors (Lipinski definition) is 0. The van der Waals surface area contributed by atoms with Gasteiger partial charge in [-0.2, -0.15) is 0 Å². The van der Waals surface area contributed by atoms with Gasteiger partial charge in [-0.25, -0.2) is 0 Å². The molecule has 0 atom stereocenters. The van der Waals surface area contributed by atoms with Crippen LogP contribution in [0.2, 0.25) is 0 Å². The summed E-state index contributed by atoms with van der Waals surface area (Å²) in [6.45, 7) is 0. The van der Waals surface area contributed by atoms with Crippen molar-refractivity contribution in [1.82, 2.24) is 0 Å². The van der Waals surface area contributed by atoms with E-state index in [-0.39, 0.29) is 0 Å². The van der Waals surface area contributed by atoms with E-state index in [2.05, 4.69) is 267 Å². The molecule has 0 spiro atoms. The van der Waals surface area contributed by atoms with Crippen molar-refractivity contribution in [2.24, 2.45) is 0 Å². The SMILES string of the molecule is c1ccc(-c2cc(-c3ccccc3)cc(-c3c4ccccc4c(-c4cc5cc(-c6c7ccccc7c(-c7ccccc7)c7ccccc67)c6oc7ccccc7c6c5c5c4oc4ccccc45)c4ccccc34)c2)cc1. The first kappa shape index (κ1) is 42.5. The molecule has 2 nitrogen and oxygen atoms in total. The summed E-state index contributed by atoms with van der Waals surface area (Å²) in [6, 6.07) is 97.2. The lowest BCUT2D eigenvalue weighted by molar-refractivity contribution is 0.670. The Hall–Kier alpha value is -10.0. The molecule has 14 aromatic carbocycles. The van der Waals surface area contributed by atoms with Gasteiger partial charge in [0.2, 0.25) is 0 Å². The molecule has 16 rings (SSSR count). The second-order valence-corrected chi connectivity index (χ2v) is 20.1. The first-order chi connectivity index (χ1) is 37.7. The average Bonchev–Trinajstić information content (AvgIpc) is 4.18. The second kappa shape index (κ2) is 16.8. The maximum absolute atomic E-state index is 7.28. The zero-order valence-corrected chi connectivity index (χ0v) is 41.2. The van der Waals surface area contributed by atoms with Crippen LogP contribution >= 0.6 is 0 Å². The Morgan fingerprint density at radius 1 is 0.197 bits per heavy atom. The fourth-order valence-corrected chi connectivity index (χ4v) is 12.8. The molecule has 2 heteroatoms. The highest BCUT2D eigenvalue weighted by atomic mass is 16.3. The largest absolute Gasteiger partial charge is 0.455 e. The van der Waals surface area contributed by atoms with Crippen LogP contribution in [0, 0.1) is 0 Å². The van der Waals surface area contributed by atoms with Crippen molar-refractivity contribution < 1.29 is 8.83 Å².